The second-order valence-corrected chi connectivity index (χ2v) is 8.42. The minimum atomic E-state index is -0.746. The number of hydrogen-bond donors (Lipinski definition) is 2. The summed E-state index contributed by atoms with van der Waals surface area (Å²) in [5.41, 5.74) is 4.64. The number of fused-ring (bicyclic) bond motifs is 2. The first-order chi connectivity index (χ1) is 14.7. The molecule has 0 spiro atoms. The van der Waals surface area contributed by atoms with E-state index in [2.05, 4.69) is 28.5 Å². The van der Waals surface area contributed by atoms with E-state index >= 15 is 0 Å². The number of pyridine rings is 2. The van der Waals surface area contributed by atoms with Crippen molar-refractivity contribution in [1.82, 2.24) is 9.97 Å². The first kappa shape index (κ1) is 20.6. The third kappa shape index (κ3) is 5.29. The van der Waals surface area contributed by atoms with Gasteiger partial charge in [-0.3, -0.25) is 4.79 Å². The molecule has 2 aromatic rings. The zero-order chi connectivity index (χ0) is 20.8. The topological polar surface area (TPSA) is 84.3 Å². The molecule has 6 heteroatoms. The van der Waals surface area contributed by atoms with E-state index in [9.17, 15) is 9.90 Å². The number of aryl methyl sites for hydroxylation is 2. The van der Waals surface area contributed by atoms with Crippen LogP contribution in [0.4, 0.5) is 5.82 Å². The smallest absolute Gasteiger partial charge is 0.303 e. The van der Waals surface area contributed by atoms with Crippen molar-refractivity contribution in [3.8, 4) is 5.88 Å². The molecule has 6 nitrogen and oxygen atoms in total. The van der Waals surface area contributed by atoms with Gasteiger partial charge in [-0.05, 0) is 61.3 Å². The summed E-state index contributed by atoms with van der Waals surface area (Å²) >= 11 is 0. The molecule has 0 saturated heterocycles. The summed E-state index contributed by atoms with van der Waals surface area (Å²) in [5, 5.41) is 12.7. The molecule has 1 atom stereocenters. The Morgan fingerprint density at radius 2 is 2.07 bits per heavy atom. The van der Waals surface area contributed by atoms with Crippen molar-refractivity contribution in [3.05, 3.63) is 46.8 Å². The number of carbonyl (C=O) groups is 1. The summed E-state index contributed by atoms with van der Waals surface area (Å²) in [6.07, 6.45) is 11.4. The number of rotatable bonds is 10. The third-order valence-electron chi connectivity index (χ3n) is 6.14. The Balaban J connectivity index is 1.22. The maximum Gasteiger partial charge on any atom is 0.303 e. The average Bonchev–Trinajstić information content (AvgIpc) is 3.23. The molecule has 0 amide bonds. The fourth-order valence-corrected chi connectivity index (χ4v) is 4.46. The molecule has 0 aliphatic carbocycles. The number of nitrogens with one attached hydrogen (secondary N) is 1. The highest BCUT2D eigenvalue weighted by Gasteiger charge is 2.20. The number of carboxylic acids is 1. The van der Waals surface area contributed by atoms with Gasteiger partial charge in [0.15, 0.2) is 0 Å². The van der Waals surface area contributed by atoms with Crippen LogP contribution in [0.3, 0.4) is 0 Å². The van der Waals surface area contributed by atoms with Gasteiger partial charge in [0.2, 0.25) is 5.88 Å². The molecule has 2 aromatic heterocycles. The van der Waals surface area contributed by atoms with Gasteiger partial charge in [-0.1, -0.05) is 25.3 Å². The number of unbranched alkanes of at least 4 members (excludes halogenated alkanes) is 3. The second-order valence-electron chi connectivity index (χ2n) is 8.42. The summed E-state index contributed by atoms with van der Waals surface area (Å²) < 4.78 is 5.47. The molecular weight excluding hydrogens is 378 g/mol. The Morgan fingerprint density at radius 1 is 1.17 bits per heavy atom. The van der Waals surface area contributed by atoms with E-state index in [0.717, 1.165) is 74.9 Å². The lowest BCUT2D eigenvalue weighted by Crippen LogP contribution is -2.13. The van der Waals surface area contributed by atoms with E-state index < -0.39 is 5.97 Å². The van der Waals surface area contributed by atoms with E-state index in [1.165, 1.54) is 17.7 Å². The van der Waals surface area contributed by atoms with Crippen LogP contribution in [-0.4, -0.2) is 34.2 Å². The van der Waals surface area contributed by atoms with Crippen LogP contribution in [0.15, 0.2) is 24.4 Å². The number of aliphatic carboxylic acids is 1. The lowest BCUT2D eigenvalue weighted by molar-refractivity contribution is -0.137. The molecule has 2 N–H and O–H groups in total. The Hall–Kier alpha value is -2.63. The quantitative estimate of drug-likeness (QED) is 0.561. The fourth-order valence-electron chi connectivity index (χ4n) is 4.46. The normalized spacial score (nSPS) is 15.6. The van der Waals surface area contributed by atoms with Crippen molar-refractivity contribution in [2.24, 2.45) is 0 Å². The van der Waals surface area contributed by atoms with Crippen LogP contribution < -0.4 is 10.1 Å². The summed E-state index contributed by atoms with van der Waals surface area (Å²) in [6, 6.07) is 6.48. The predicted octanol–water partition coefficient (Wildman–Crippen LogP) is 4.52. The Morgan fingerprint density at radius 3 is 2.97 bits per heavy atom. The zero-order valence-electron chi connectivity index (χ0n) is 17.5. The summed E-state index contributed by atoms with van der Waals surface area (Å²) in [6.45, 7) is 1.69. The van der Waals surface area contributed by atoms with Gasteiger partial charge < -0.3 is 15.2 Å². The summed E-state index contributed by atoms with van der Waals surface area (Å²) in [4.78, 5) is 20.5. The Kier molecular flexibility index (Phi) is 6.82. The molecule has 160 valence electrons. The highest BCUT2D eigenvalue weighted by molar-refractivity contribution is 5.68. The van der Waals surface area contributed by atoms with Gasteiger partial charge in [-0.25, -0.2) is 9.97 Å². The van der Waals surface area contributed by atoms with Gasteiger partial charge in [-0.15, -0.1) is 0 Å². The van der Waals surface area contributed by atoms with Gasteiger partial charge in [-0.2, -0.15) is 0 Å². The monoisotopic (exact) mass is 409 g/mol. The van der Waals surface area contributed by atoms with E-state index in [-0.39, 0.29) is 12.3 Å². The summed E-state index contributed by atoms with van der Waals surface area (Å²) in [7, 11) is 0. The molecule has 0 saturated carbocycles. The molecule has 4 rings (SSSR count). The Bertz CT molecular complexity index is 884. The van der Waals surface area contributed by atoms with E-state index in [1.807, 2.05) is 0 Å². The van der Waals surface area contributed by atoms with Crippen LogP contribution in [0, 0.1) is 0 Å². The molecule has 2 aliphatic rings. The van der Waals surface area contributed by atoms with Crippen LogP contribution >= 0.6 is 0 Å². The van der Waals surface area contributed by atoms with Gasteiger partial charge in [0.05, 0.1) is 13.0 Å². The number of hydrogen-bond acceptors (Lipinski definition) is 5. The molecule has 30 heavy (non-hydrogen) atoms. The molecule has 0 fully saturated rings. The standard InChI is InChI=1S/C24H31N3O3/c28-22(29)15-18(20-14-19-11-13-30-24(19)26-16-20)6-3-1-2-4-8-21-10-9-17-7-5-12-25-23(17)27-21/h9-10,14,16,18H,1-8,11-13,15H2,(H,25,27)(H,28,29). The maximum absolute atomic E-state index is 11.4. The first-order valence-electron chi connectivity index (χ1n) is 11.2. The van der Waals surface area contributed by atoms with Crippen LogP contribution in [0.25, 0.3) is 0 Å². The number of aromatic nitrogens is 2. The first-order valence-corrected chi connectivity index (χ1v) is 11.2. The highest BCUT2D eigenvalue weighted by atomic mass is 16.5. The number of carboxylic acid groups (broad SMARTS) is 1. The average molecular weight is 410 g/mol. The van der Waals surface area contributed by atoms with Crippen molar-refractivity contribution in [2.45, 2.75) is 70.1 Å². The number of ether oxygens (including phenoxy) is 1. The third-order valence-corrected chi connectivity index (χ3v) is 6.14. The van der Waals surface area contributed by atoms with Gasteiger partial charge in [0.1, 0.15) is 5.82 Å². The minimum Gasteiger partial charge on any atom is -0.481 e. The van der Waals surface area contributed by atoms with Crippen molar-refractivity contribution < 1.29 is 14.6 Å². The molecular formula is C24H31N3O3. The highest BCUT2D eigenvalue weighted by Crippen LogP contribution is 2.31. The molecule has 2 aliphatic heterocycles. The lowest BCUT2D eigenvalue weighted by atomic mass is 9.90. The predicted molar refractivity (Wildman–Crippen MR) is 116 cm³/mol. The molecule has 0 bridgehead atoms. The van der Waals surface area contributed by atoms with Crippen LogP contribution in [0.1, 0.15) is 73.2 Å². The maximum atomic E-state index is 11.4. The molecule has 0 radical (unpaired) electrons. The second kappa shape index (κ2) is 9.92. The number of nitrogens with zero attached hydrogens (tertiary/aromatic N) is 2. The minimum absolute atomic E-state index is 0.0225. The fraction of sp³-hybridized carbons (Fsp3) is 0.542. The van der Waals surface area contributed by atoms with E-state index in [0.29, 0.717) is 12.5 Å². The van der Waals surface area contributed by atoms with Crippen LogP contribution in [0.2, 0.25) is 0 Å². The van der Waals surface area contributed by atoms with Crippen LogP contribution in [0.5, 0.6) is 5.88 Å². The molecule has 0 aromatic carbocycles. The number of anilines is 1. The van der Waals surface area contributed by atoms with Gasteiger partial charge in [0.25, 0.3) is 0 Å². The van der Waals surface area contributed by atoms with Crippen molar-refractivity contribution in [1.29, 1.82) is 0 Å². The molecule has 1 unspecified atom stereocenters. The van der Waals surface area contributed by atoms with E-state index in [1.54, 1.807) is 6.20 Å². The lowest BCUT2D eigenvalue weighted by Gasteiger charge is -2.17. The van der Waals surface area contributed by atoms with Crippen LogP contribution in [-0.2, 0) is 24.1 Å². The summed E-state index contributed by atoms with van der Waals surface area (Å²) in [5.74, 6) is 1.06. The van der Waals surface area contributed by atoms with Gasteiger partial charge in [0, 0.05) is 30.4 Å². The molecule has 4 heterocycles. The van der Waals surface area contributed by atoms with E-state index in [4.69, 9.17) is 9.72 Å². The SMILES string of the molecule is O=C(O)CC(CCCCCCc1ccc2c(n1)NCCC2)c1cnc2c(c1)CCO2. The van der Waals surface area contributed by atoms with Crippen molar-refractivity contribution in [2.75, 3.05) is 18.5 Å². The largest absolute Gasteiger partial charge is 0.481 e. The zero-order valence-corrected chi connectivity index (χ0v) is 17.5. The van der Waals surface area contributed by atoms with Gasteiger partial charge >= 0.3 is 5.97 Å². The Labute approximate surface area is 178 Å². The van der Waals surface area contributed by atoms with Crippen molar-refractivity contribution >= 4 is 11.8 Å². The van der Waals surface area contributed by atoms with Crippen molar-refractivity contribution in [3.63, 3.8) is 0 Å².